The molecule has 0 spiro atoms. The van der Waals surface area contributed by atoms with Gasteiger partial charge in [-0.25, -0.2) is 0 Å². The highest BCUT2D eigenvalue weighted by molar-refractivity contribution is 6.22. The lowest BCUT2D eigenvalue weighted by Crippen LogP contribution is -2.38. The van der Waals surface area contributed by atoms with Gasteiger partial charge in [-0.3, -0.25) is 24.1 Å². The number of nitrogens with zero attached hydrogens (tertiary/aromatic N) is 2. The fourth-order valence-corrected chi connectivity index (χ4v) is 3.35. The summed E-state index contributed by atoms with van der Waals surface area (Å²) in [5, 5.41) is 2.67. The van der Waals surface area contributed by atoms with Crippen LogP contribution >= 0.6 is 0 Å². The monoisotopic (exact) mass is 379 g/mol. The summed E-state index contributed by atoms with van der Waals surface area (Å²) in [6.45, 7) is 1.89. The molecule has 0 aromatic heterocycles. The number of amides is 4. The largest absolute Gasteiger partial charge is 0.490 e. The molecule has 0 bridgehead atoms. The summed E-state index contributed by atoms with van der Waals surface area (Å²) in [5.41, 5.74) is 1.60. The van der Waals surface area contributed by atoms with Crippen LogP contribution in [0, 0.1) is 0 Å². The minimum absolute atomic E-state index is 0.126. The summed E-state index contributed by atoms with van der Waals surface area (Å²) < 4.78 is 5.53. The van der Waals surface area contributed by atoms with Crippen LogP contribution in [0.2, 0.25) is 0 Å². The van der Waals surface area contributed by atoms with Gasteiger partial charge in [0.25, 0.3) is 11.8 Å². The van der Waals surface area contributed by atoms with Crippen LogP contribution in [-0.2, 0) is 9.59 Å². The summed E-state index contributed by atoms with van der Waals surface area (Å²) >= 11 is 0. The fraction of sp³-hybridized carbons (Fsp3) is 0.200. The van der Waals surface area contributed by atoms with Crippen LogP contribution in [0.25, 0.3) is 0 Å². The van der Waals surface area contributed by atoms with Crippen molar-refractivity contribution in [2.24, 2.45) is 0 Å². The highest BCUT2D eigenvalue weighted by Crippen LogP contribution is 2.34. The molecule has 142 valence electrons. The van der Waals surface area contributed by atoms with E-state index in [1.54, 1.807) is 47.4 Å². The van der Waals surface area contributed by atoms with E-state index in [1.807, 2.05) is 0 Å². The van der Waals surface area contributed by atoms with Crippen LogP contribution in [-0.4, -0.2) is 48.2 Å². The first-order valence-electron chi connectivity index (χ1n) is 8.76. The van der Waals surface area contributed by atoms with Gasteiger partial charge in [0.2, 0.25) is 11.8 Å². The van der Waals surface area contributed by atoms with Crippen LogP contribution in [0.4, 0.5) is 11.4 Å². The fourth-order valence-electron chi connectivity index (χ4n) is 3.35. The third-order valence-electron chi connectivity index (χ3n) is 4.67. The molecule has 4 rings (SSSR count). The Balaban J connectivity index is 1.49. The Labute approximate surface area is 160 Å². The van der Waals surface area contributed by atoms with E-state index in [-0.39, 0.29) is 5.91 Å². The third kappa shape index (κ3) is 2.98. The van der Waals surface area contributed by atoms with E-state index in [4.69, 9.17) is 4.74 Å². The number of hydrogen-bond acceptors (Lipinski definition) is 5. The van der Waals surface area contributed by atoms with Crippen molar-refractivity contribution in [2.75, 3.05) is 29.9 Å². The second kappa shape index (κ2) is 6.80. The van der Waals surface area contributed by atoms with Gasteiger partial charge in [0, 0.05) is 12.6 Å². The van der Waals surface area contributed by atoms with Crippen LogP contribution in [0.1, 0.15) is 27.6 Å². The molecule has 0 saturated heterocycles. The molecule has 0 aliphatic carbocycles. The van der Waals surface area contributed by atoms with Crippen LogP contribution in [0.3, 0.4) is 0 Å². The van der Waals surface area contributed by atoms with E-state index < -0.39 is 24.3 Å². The molecule has 0 unspecified atom stereocenters. The molecule has 2 aliphatic rings. The van der Waals surface area contributed by atoms with Crippen molar-refractivity contribution in [1.29, 1.82) is 0 Å². The Morgan fingerprint density at radius 2 is 1.75 bits per heavy atom. The van der Waals surface area contributed by atoms with Gasteiger partial charge in [-0.15, -0.1) is 0 Å². The van der Waals surface area contributed by atoms with Crippen molar-refractivity contribution in [3.63, 3.8) is 0 Å². The third-order valence-corrected chi connectivity index (χ3v) is 4.67. The average Bonchev–Trinajstić information content (AvgIpc) is 2.92. The molecule has 8 nitrogen and oxygen atoms in total. The topological polar surface area (TPSA) is 96.0 Å². The number of nitrogens with one attached hydrogen (secondary N) is 1. The van der Waals surface area contributed by atoms with Gasteiger partial charge in [-0.05, 0) is 30.3 Å². The van der Waals surface area contributed by atoms with E-state index in [0.717, 1.165) is 4.90 Å². The maximum Gasteiger partial charge on any atom is 0.262 e. The molecule has 0 saturated carbocycles. The molecule has 0 atom stereocenters. The van der Waals surface area contributed by atoms with Crippen LogP contribution in [0.5, 0.6) is 5.75 Å². The first kappa shape index (κ1) is 17.7. The second-order valence-corrected chi connectivity index (χ2v) is 6.49. The highest BCUT2D eigenvalue weighted by Gasteiger charge is 2.36. The Hall–Kier alpha value is -3.68. The average molecular weight is 379 g/mol. The molecular formula is C20H17N3O5. The molecule has 2 aromatic rings. The summed E-state index contributed by atoms with van der Waals surface area (Å²) in [6.07, 6.45) is 0. The molecule has 2 aromatic carbocycles. The Bertz CT molecular complexity index is 982. The number of carbonyl (C=O) groups excluding carboxylic acids is 4. The maximum atomic E-state index is 12.4. The normalized spacial score (nSPS) is 15.0. The van der Waals surface area contributed by atoms with E-state index >= 15 is 0 Å². The zero-order valence-electron chi connectivity index (χ0n) is 15.1. The number of ether oxygens (including phenoxy) is 1. The van der Waals surface area contributed by atoms with Crippen molar-refractivity contribution in [3.8, 4) is 5.75 Å². The lowest BCUT2D eigenvalue weighted by molar-refractivity contribution is -0.117. The molecular weight excluding hydrogens is 362 g/mol. The van der Waals surface area contributed by atoms with Crippen molar-refractivity contribution in [2.45, 2.75) is 6.92 Å². The maximum absolute atomic E-state index is 12.4. The number of anilines is 2. The first-order valence-corrected chi connectivity index (χ1v) is 8.76. The highest BCUT2D eigenvalue weighted by atomic mass is 16.5. The van der Waals surface area contributed by atoms with Gasteiger partial charge in [-0.2, -0.15) is 0 Å². The molecule has 0 fully saturated rings. The lowest BCUT2D eigenvalue weighted by atomic mass is 10.1. The first-order chi connectivity index (χ1) is 13.5. The summed E-state index contributed by atoms with van der Waals surface area (Å²) in [4.78, 5) is 51.5. The standard InChI is InChI=1S/C20H17N3O5/c1-12(24)22-8-9-28-17-7-6-13(10-16(17)22)21-18(25)11-23-19(26)14-4-2-3-5-15(14)20(23)27/h2-7,10H,8-9,11H2,1H3,(H,21,25). The number of imide groups is 1. The van der Waals surface area contributed by atoms with Crippen molar-refractivity contribution >= 4 is 35.0 Å². The SMILES string of the molecule is CC(=O)N1CCOc2ccc(NC(=O)CN3C(=O)c4ccccc4C3=O)cc21. The van der Waals surface area contributed by atoms with Gasteiger partial charge in [0.05, 0.1) is 23.4 Å². The van der Waals surface area contributed by atoms with Crippen LogP contribution < -0.4 is 15.0 Å². The van der Waals surface area contributed by atoms with E-state index in [9.17, 15) is 19.2 Å². The zero-order chi connectivity index (χ0) is 19.8. The van der Waals surface area contributed by atoms with Crippen molar-refractivity contribution < 1.29 is 23.9 Å². The van der Waals surface area contributed by atoms with Crippen molar-refractivity contribution in [3.05, 3.63) is 53.6 Å². The van der Waals surface area contributed by atoms with Gasteiger partial charge < -0.3 is 15.0 Å². The summed E-state index contributed by atoms with van der Waals surface area (Å²) in [6, 6.07) is 11.4. The number of benzene rings is 2. The predicted molar refractivity (Wildman–Crippen MR) is 100 cm³/mol. The van der Waals surface area contributed by atoms with Gasteiger partial charge in [0.15, 0.2) is 0 Å². The molecule has 4 amide bonds. The smallest absolute Gasteiger partial charge is 0.262 e. The Morgan fingerprint density at radius 3 is 2.39 bits per heavy atom. The minimum Gasteiger partial charge on any atom is -0.490 e. The zero-order valence-corrected chi connectivity index (χ0v) is 15.1. The van der Waals surface area contributed by atoms with Gasteiger partial charge in [-0.1, -0.05) is 12.1 Å². The molecule has 1 N–H and O–H groups in total. The second-order valence-electron chi connectivity index (χ2n) is 6.49. The molecule has 2 heterocycles. The number of hydrogen-bond donors (Lipinski definition) is 1. The van der Waals surface area contributed by atoms with Gasteiger partial charge in [0.1, 0.15) is 18.9 Å². The van der Waals surface area contributed by atoms with E-state index in [2.05, 4.69) is 5.32 Å². The number of carbonyl (C=O) groups is 4. The van der Waals surface area contributed by atoms with E-state index in [1.165, 1.54) is 6.92 Å². The van der Waals surface area contributed by atoms with Gasteiger partial charge >= 0.3 is 0 Å². The van der Waals surface area contributed by atoms with Crippen molar-refractivity contribution in [1.82, 2.24) is 4.90 Å². The summed E-state index contributed by atoms with van der Waals surface area (Å²) in [5.74, 6) is -1.06. The number of rotatable bonds is 3. The Kier molecular flexibility index (Phi) is 4.31. The number of fused-ring (bicyclic) bond motifs is 2. The molecule has 2 aliphatic heterocycles. The molecule has 8 heteroatoms. The predicted octanol–water partition coefficient (Wildman–Crippen LogP) is 1.67. The van der Waals surface area contributed by atoms with E-state index in [0.29, 0.717) is 41.4 Å². The van der Waals surface area contributed by atoms with Crippen LogP contribution in [0.15, 0.2) is 42.5 Å². The molecule has 28 heavy (non-hydrogen) atoms. The molecule has 0 radical (unpaired) electrons. The quantitative estimate of drug-likeness (QED) is 0.819. The lowest BCUT2D eigenvalue weighted by Gasteiger charge is -2.29. The summed E-state index contributed by atoms with van der Waals surface area (Å²) in [7, 11) is 0. The minimum atomic E-state index is -0.513. The Morgan fingerprint density at radius 1 is 1.07 bits per heavy atom.